The smallest absolute Gasteiger partial charge is 0.339 e. The average molecular weight is 430 g/mol. The van der Waals surface area contributed by atoms with E-state index in [-0.39, 0.29) is 24.6 Å². The molecule has 1 aliphatic rings. The first-order valence-electron chi connectivity index (χ1n) is 9.40. The standard InChI is InChI=1S/C21H17F3N4O3/c1-12-25-19(27-31-12)13-4-2-7-17(8-13)28-11-14(9-18(28)29)20(30)26-16-6-3-5-15(10-16)21(22,23)24/h2-8,10,14H,9,11H2,1H3,(H,26,30)/t14-/m0/s1. The maximum Gasteiger partial charge on any atom is 0.416 e. The lowest BCUT2D eigenvalue weighted by Crippen LogP contribution is -2.28. The number of aryl methyl sites for hydroxylation is 1. The van der Waals surface area contributed by atoms with E-state index in [9.17, 15) is 22.8 Å². The zero-order valence-electron chi connectivity index (χ0n) is 16.3. The highest BCUT2D eigenvalue weighted by molar-refractivity contribution is 6.03. The molecule has 0 bridgehead atoms. The third-order valence-electron chi connectivity index (χ3n) is 4.90. The molecular weight excluding hydrogens is 413 g/mol. The van der Waals surface area contributed by atoms with Crippen molar-refractivity contribution in [1.29, 1.82) is 0 Å². The number of hydrogen-bond acceptors (Lipinski definition) is 5. The van der Waals surface area contributed by atoms with Crippen LogP contribution in [0, 0.1) is 12.8 Å². The molecule has 2 aromatic carbocycles. The van der Waals surface area contributed by atoms with Crippen molar-refractivity contribution in [2.45, 2.75) is 19.5 Å². The number of halogens is 3. The monoisotopic (exact) mass is 430 g/mol. The molecule has 1 fully saturated rings. The molecule has 7 nitrogen and oxygen atoms in total. The van der Waals surface area contributed by atoms with Crippen LogP contribution >= 0.6 is 0 Å². The summed E-state index contributed by atoms with van der Waals surface area (Å²) in [5.74, 6) is -0.683. The quantitative estimate of drug-likeness (QED) is 0.675. The van der Waals surface area contributed by atoms with Gasteiger partial charge in [-0.3, -0.25) is 9.59 Å². The zero-order chi connectivity index (χ0) is 22.2. The molecule has 2 heterocycles. The lowest BCUT2D eigenvalue weighted by molar-refractivity contribution is -0.137. The number of carbonyl (C=O) groups excluding carboxylic acids is 2. The van der Waals surface area contributed by atoms with Gasteiger partial charge in [0.1, 0.15) is 0 Å². The van der Waals surface area contributed by atoms with Crippen LogP contribution in [0.5, 0.6) is 0 Å². The first-order chi connectivity index (χ1) is 14.7. The van der Waals surface area contributed by atoms with Crippen LogP contribution in [-0.4, -0.2) is 28.5 Å². The number of alkyl halides is 3. The molecule has 0 unspecified atom stereocenters. The summed E-state index contributed by atoms with van der Waals surface area (Å²) in [6, 6.07) is 11.3. The largest absolute Gasteiger partial charge is 0.416 e. The van der Waals surface area contributed by atoms with Crippen LogP contribution in [0.2, 0.25) is 0 Å². The second-order valence-electron chi connectivity index (χ2n) is 7.16. The summed E-state index contributed by atoms with van der Waals surface area (Å²) < 4.78 is 43.6. The molecule has 31 heavy (non-hydrogen) atoms. The average Bonchev–Trinajstić information content (AvgIpc) is 3.33. The maximum atomic E-state index is 12.9. The van der Waals surface area contributed by atoms with Gasteiger partial charge in [-0.15, -0.1) is 0 Å². The third kappa shape index (κ3) is 4.42. The third-order valence-corrected chi connectivity index (χ3v) is 4.90. The molecule has 0 aliphatic carbocycles. The van der Waals surface area contributed by atoms with Crippen molar-refractivity contribution in [3.05, 3.63) is 60.0 Å². The minimum Gasteiger partial charge on any atom is -0.339 e. The first kappa shape index (κ1) is 20.6. The summed E-state index contributed by atoms with van der Waals surface area (Å²) in [5.41, 5.74) is 0.390. The van der Waals surface area contributed by atoms with Crippen LogP contribution in [0.4, 0.5) is 24.5 Å². The van der Waals surface area contributed by atoms with Gasteiger partial charge in [-0.25, -0.2) is 0 Å². The molecule has 1 N–H and O–H groups in total. The second-order valence-corrected chi connectivity index (χ2v) is 7.16. The number of anilines is 2. The van der Waals surface area contributed by atoms with Gasteiger partial charge in [-0.05, 0) is 30.3 Å². The summed E-state index contributed by atoms with van der Waals surface area (Å²) in [4.78, 5) is 30.7. The molecule has 1 atom stereocenters. The van der Waals surface area contributed by atoms with Crippen LogP contribution in [0.3, 0.4) is 0 Å². The van der Waals surface area contributed by atoms with Crippen LogP contribution in [0.1, 0.15) is 17.9 Å². The number of rotatable bonds is 4. The zero-order valence-corrected chi connectivity index (χ0v) is 16.3. The summed E-state index contributed by atoms with van der Waals surface area (Å²) in [6.45, 7) is 1.77. The molecular formula is C21H17F3N4O3. The highest BCUT2D eigenvalue weighted by Crippen LogP contribution is 2.32. The summed E-state index contributed by atoms with van der Waals surface area (Å²) in [5, 5.41) is 6.33. The van der Waals surface area contributed by atoms with Gasteiger partial charge in [0, 0.05) is 36.8 Å². The molecule has 0 spiro atoms. The highest BCUT2D eigenvalue weighted by Gasteiger charge is 2.36. The molecule has 0 radical (unpaired) electrons. The summed E-state index contributed by atoms with van der Waals surface area (Å²) in [7, 11) is 0. The van der Waals surface area contributed by atoms with E-state index in [2.05, 4.69) is 15.5 Å². The fourth-order valence-corrected chi connectivity index (χ4v) is 3.38. The number of amides is 2. The second kappa shape index (κ2) is 7.86. The van der Waals surface area contributed by atoms with Crippen molar-refractivity contribution in [2.24, 2.45) is 5.92 Å². The van der Waals surface area contributed by atoms with Gasteiger partial charge in [-0.2, -0.15) is 18.2 Å². The minimum absolute atomic E-state index is 0.0280. The van der Waals surface area contributed by atoms with E-state index in [1.165, 1.54) is 17.0 Å². The Morgan fingerprint density at radius 1 is 1.19 bits per heavy atom. The fraction of sp³-hybridized carbons (Fsp3) is 0.238. The van der Waals surface area contributed by atoms with E-state index in [0.29, 0.717) is 23.0 Å². The maximum absolute atomic E-state index is 12.9. The molecule has 160 valence electrons. The lowest BCUT2D eigenvalue weighted by atomic mass is 10.1. The van der Waals surface area contributed by atoms with Crippen LogP contribution < -0.4 is 10.2 Å². The van der Waals surface area contributed by atoms with Gasteiger partial charge >= 0.3 is 6.18 Å². The number of carbonyl (C=O) groups is 2. The number of nitrogens with one attached hydrogen (secondary N) is 1. The van der Waals surface area contributed by atoms with Gasteiger partial charge in [0.25, 0.3) is 0 Å². The number of benzene rings is 2. The minimum atomic E-state index is -4.51. The van der Waals surface area contributed by atoms with E-state index in [1.54, 1.807) is 31.2 Å². The van der Waals surface area contributed by atoms with Gasteiger partial charge in [0.2, 0.25) is 23.5 Å². The van der Waals surface area contributed by atoms with Crippen molar-refractivity contribution in [2.75, 3.05) is 16.8 Å². The fourth-order valence-electron chi connectivity index (χ4n) is 3.38. The van der Waals surface area contributed by atoms with Crippen molar-refractivity contribution >= 4 is 23.2 Å². The number of aromatic nitrogens is 2. The Hall–Kier alpha value is -3.69. The van der Waals surface area contributed by atoms with Crippen molar-refractivity contribution in [3.8, 4) is 11.4 Å². The first-order valence-corrected chi connectivity index (χ1v) is 9.40. The van der Waals surface area contributed by atoms with Gasteiger partial charge in [-0.1, -0.05) is 23.4 Å². The molecule has 1 aromatic heterocycles. The number of nitrogens with zero attached hydrogens (tertiary/aromatic N) is 3. The van der Waals surface area contributed by atoms with E-state index in [1.807, 2.05) is 0 Å². The predicted octanol–water partition coefficient (Wildman–Crippen LogP) is 4.06. The van der Waals surface area contributed by atoms with Crippen molar-refractivity contribution < 1.29 is 27.3 Å². The van der Waals surface area contributed by atoms with Crippen LogP contribution in [0.15, 0.2) is 53.1 Å². The SMILES string of the molecule is Cc1nc(-c2cccc(N3C[C@@H](C(=O)Nc4cccc(C(F)(F)F)c4)CC3=O)c2)no1. The van der Waals surface area contributed by atoms with Gasteiger partial charge in [0.05, 0.1) is 11.5 Å². The Labute approximate surface area is 174 Å². The van der Waals surface area contributed by atoms with E-state index in [0.717, 1.165) is 12.1 Å². The Morgan fingerprint density at radius 3 is 2.68 bits per heavy atom. The van der Waals surface area contributed by atoms with Gasteiger partial charge < -0.3 is 14.7 Å². The van der Waals surface area contributed by atoms with Gasteiger partial charge in [0.15, 0.2) is 0 Å². The number of hydrogen-bond donors (Lipinski definition) is 1. The molecule has 4 rings (SSSR count). The van der Waals surface area contributed by atoms with Crippen molar-refractivity contribution in [3.63, 3.8) is 0 Å². The Morgan fingerprint density at radius 2 is 1.97 bits per heavy atom. The van der Waals surface area contributed by atoms with Crippen LogP contribution in [-0.2, 0) is 15.8 Å². The molecule has 3 aromatic rings. The highest BCUT2D eigenvalue weighted by atomic mass is 19.4. The molecule has 2 amide bonds. The molecule has 1 aliphatic heterocycles. The Bertz CT molecular complexity index is 1140. The van der Waals surface area contributed by atoms with Crippen molar-refractivity contribution in [1.82, 2.24) is 10.1 Å². The Kier molecular flexibility index (Phi) is 5.22. The molecule has 0 saturated carbocycles. The Balaban J connectivity index is 1.48. The summed E-state index contributed by atoms with van der Waals surface area (Å²) in [6.07, 6.45) is -4.56. The lowest BCUT2D eigenvalue weighted by Gasteiger charge is -2.17. The molecule has 10 heteroatoms. The van der Waals surface area contributed by atoms with E-state index >= 15 is 0 Å². The van der Waals surface area contributed by atoms with E-state index in [4.69, 9.17) is 4.52 Å². The normalized spacial score (nSPS) is 16.6. The topological polar surface area (TPSA) is 88.3 Å². The van der Waals surface area contributed by atoms with E-state index < -0.39 is 23.6 Å². The summed E-state index contributed by atoms with van der Waals surface area (Å²) >= 11 is 0. The van der Waals surface area contributed by atoms with Crippen LogP contribution in [0.25, 0.3) is 11.4 Å². The molecule has 1 saturated heterocycles. The predicted molar refractivity (Wildman–Crippen MR) is 105 cm³/mol.